The van der Waals surface area contributed by atoms with E-state index in [1.54, 1.807) is 18.3 Å². The fourth-order valence-electron chi connectivity index (χ4n) is 8.58. The summed E-state index contributed by atoms with van der Waals surface area (Å²) in [5.41, 5.74) is 9.41. The standard InChI is InChI=1S/C39H45N9O5/c40-35(50)34-36(43-32(21-41-34)46-15-2-1-3-16-46)42-27-6-4-25(5-7-27)26-13-17-45(18-14-26)22-24-12-19-47(23-24)28-8-9-29-30(20-28)39(53)48(38(29)52)31-10-11-33(49)44-37(31)51/h4-9,20-21,24,26,31H,1-3,10-19,22-23H2,(H2,40,50)(H,42,43)(H,44,49,51)/t24-,31?/m0/s1. The van der Waals surface area contributed by atoms with E-state index in [-0.39, 0.29) is 24.4 Å². The highest BCUT2D eigenvalue weighted by atomic mass is 16.2. The number of piperidine rings is 3. The summed E-state index contributed by atoms with van der Waals surface area (Å²) in [6, 6.07) is 12.8. The lowest BCUT2D eigenvalue weighted by Gasteiger charge is -2.34. The van der Waals surface area contributed by atoms with E-state index < -0.39 is 29.7 Å². The molecule has 4 N–H and O–H groups in total. The van der Waals surface area contributed by atoms with Crippen LogP contribution in [-0.4, -0.2) is 101 Å². The molecule has 53 heavy (non-hydrogen) atoms. The molecule has 276 valence electrons. The van der Waals surface area contributed by atoms with Crippen molar-refractivity contribution < 1.29 is 24.0 Å². The number of carbonyl (C=O) groups excluding carboxylic acids is 5. The van der Waals surface area contributed by atoms with Gasteiger partial charge in [-0.05, 0) is 106 Å². The van der Waals surface area contributed by atoms with Crippen LogP contribution in [0.15, 0.2) is 48.7 Å². The Labute approximate surface area is 308 Å². The number of likely N-dealkylation sites (tertiary alicyclic amines) is 1. The highest BCUT2D eigenvalue weighted by Gasteiger charge is 2.45. The summed E-state index contributed by atoms with van der Waals surface area (Å²) in [6.07, 6.45) is 8.51. The molecule has 4 fully saturated rings. The first-order valence-electron chi connectivity index (χ1n) is 18.8. The van der Waals surface area contributed by atoms with Crippen LogP contribution in [0.25, 0.3) is 0 Å². The van der Waals surface area contributed by atoms with E-state index in [1.807, 2.05) is 18.2 Å². The SMILES string of the molecule is NC(=O)c1ncc(N2CCCCC2)nc1Nc1ccc(C2CCN(C[C@@H]3CCN(c4ccc5c(c4)C(=O)N(C4CCC(=O)NC4=O)C5=O)C3)CC2)cc1. The fourth-order valence-corrected chi connectivity index (χ4v) is 8.58. The first-order chi connectivity index (χ1) is 25.7. The van der Waals surface area contributed by atoms with Crippen molar-refractivity contribution in [3.63, 3.8) is 0 Å². The quantitative estimate of drug-likeness (QED) is 0.277. The van der Waals surface area contributed by atoms with Crippen molar-refractivity contribution >= 4 is 52.5 Å². The topological polar surface area (TPSA) is 174 Å². The molecule has 3 aromatic rings. The second kappa shape index (κ2) is 14.6. The number of amides is 5. The van der Waals surface area contributed by atoms with Gasteiger partial charge in [-0.15, -0.1) is 0 Å². The lowest BCUT2D eigenvalue weighted by Crippen LogP contribution is -2.54. The predicted molar refractivity (Wildman–Crippen MR) is 198 cm³/mol. The third-order valence-electron chi connectivity index (χ3n) is 11.5. The number of primary amides is 1. The molecule has 14 nitrogen and oxygen atoms in total. The molecule has 0 radical (unpaired) electrons. The van der Waals surface area contributed by atoms with Gasteiger partial charge < -0.3 is 25.8 Å². The molecule has 0 saturated carbocycles. The molecule has 1 aromatic heterocycles. The summed E-state index contributed by atoms with van der Waals surface area (Å²) in [5, 5.41) is 5.54. The number of nitrogens with two attached hydrogens (primary N) is 1. The van der Waals surface area contributed by atoms with Crippen molar-refractivity contribution in [1.29, 1.82) is 0 Å². The van der Waals surface area contributed by atoms with Gasteiger partial charge in [0.1, 0.15) is 11.9 Å². The summed E-state index contributed by atoms with van der Waals surface area (Å²) >= 11 is 0. The number of hydrogen-bond acceptors (Lipinski definition) is 11. The average Bonchev–Trinajstić information content (AvgIpc) is 3.74. The minimum absolute atomic E-state index is 0.0967. The summed E-state index contributed by atoms with van der Waals surface area (Å²) in [5.74, 6) is -0.474. The van der Waals surface area contributed by atoms with Crippen LogP contribution in [0, 0.1) is 5.92 Å². The Bertz CT molecular complexity index is 1940. The Kier molecular flexibility index (Phi) is 9.54. The summed E-state index contributed by atoms with van der Waals surface area (Å²) < 4.78 is 0. The molecule has 4 saturated heterocycles. The summed E-state index contributed by atoms with van der Waals surface area (Å²) in [6.45, 7) is 6.65. The van der Waals surface area contributed by atoms with Crippen LogP contribution < -0.4 is 26.2 Å². The number of carbonyl (C=O) groups is 5. The minimum Gasteiger partial charge on any atom is -0.371 e. The van der Waals surface area contributed by atoms with Crippen LogP contribution in [0.4, 0.5) is 23.0 Å². The van der Waals surface area contributed by atoms with E-state index in [9.17, 15) is 24.0 Å². The molecule has 2 aromatic carbocycles. The van der Waals surface area contributed by atoms with Crippen molar-refractivity contribution in [2.24, 2.45) is 11.7 Å². The molecule has 5 amide bonds. The van der Waals surface area contributed by atoms with Crippen LogP contribution in [0.2, 0.25) is 0 Å². The largest absolute Gasteiger partial charge is 0.371 e. The number of nitrogens with one attached hydrogen (secondary N) is 2. The van der Waals surface area contributed by atoms with Crippen molar-refractivity contribution in [3.8, 4) is 0 Å². The van der Waals surface area contributed by atoms with Gasteiger partial charge in [-0.3, -0.25) is 34.2 Å². The van der Waals surface area contributed by atoms with Gasteiger partial charge in [-0.25, -0.2) is 9.97 Å². The van der Waals surface area contributed by atoms with E-state index in [1.165, 1.54) is 12.0 Å². The van der Waals surface area contributed by atoms with E-state index in [4.69, 9.17) is 10.7 Å². The minimum atomic E-state index is -0.967. The van der Waals surface area contributed by atoms with Crippen molar-refractivity contribution in [3.05, 3.63) is 71.0 Å². The average molecular weight is 720 g/mol. The molecule has 2 atom stereocenters. The predicted octanol–water partition coefficient (Wildman–Crippen LogP) is 3.42. The number of anilines is 4. The fraction of sp³-hybridized carbons (Fsp3) is 0.462. The van der Waals surface area contributed by atoms with Gasteiger partial charge in [-0.1, -0.05) is 12.1 Å². The molecule has 8 rings (SSSR count). The zero-order valence-corrected chi connectivity index (χ0v) is 29.8. The second-order valence-corrected chi connectivity index (χ2v) is 14.9. The molecule has 1 unspecified atom stereocenters. The zero-order valence-electron chi connectivity index (χ0n) is 29.8. The normalized spacial score (nSPS) is 22.7. The van der Waals surface area contributed by atoms with Gasteiger partial charge in [0.25, 0.3) is 17.7 Å². The summed E-state index contributed by atoms with van der Waals surface area (Å²) in [7, 11) is 0. The first kappa shape index (κ1) is 34.7. The molecular weight excluding hydrogens is 674 g/mol. The number of hydrogen-bond donors (Lipinski definition) is 3. The number of rotatable bonds is 9. The lowest BCUT2D eigenvalue weighted by atomic mass is 9.89. The molecule has 0 bridgehead atoms. The maximum absolute atomic E-state index is 13.3. The van der Waals surface area contributed by atoms with Gasteiger partial charge in [0, 0.05) is 50.5 Å². The monoisotopic (exact) mass is 719 g/mol. The van der Waals surface area contributed by atoms with Gasteiger partial charge in [0.05, 0.1) is 17.3 Å². The van der Waals surface area contributed by atoms with E-state index in [0.29, 0.717) is 28.8 Å². The molecule has 6 heterocycles. The molecule has 5 aliphatic heterocycles. The first-order valence-corrected chi connectivity index (χ1v) is 18.8. The van der Waals surface area contributed by atoms with E-state index >= 15 is 0 Å². The molecular formula is C39H45N9O5. The highest BCUT2D eigenvalue weighted by Crippen LogP contribution is 2.34. The maximum Gasteiger partial charge on any atom is 0.271 e. The number of fused-ring (bicyclic) bond motifs is 1. The van der Waals surface area contributed by atoms with Crippen molar-refractivity contribution in [2.75, 3.05) is 60.9 Å². The third kappa shape index (κ3) is 7.07. The van der Waals surface area contributed by atoms with Crippen LogP contribution in [0.3, 0.4) is 0 Å². The molecule has 0 spiro atoms. The van der Waals surface area contributed by atoms with Crippen LogP contribution in [-0.2, 0) is 9.59 Å². The number of nitrogens with zero attached hydrogens (tertiary/aromatic N) is 6. The Morgan fingerprint density at radius 1 is 0.849 bits per heavy atom. The van der Waals surface area contributed by atoms with Crippen LogP contribution in [0.5, 0.6) is 0 Å². The molecule has 5 aliphatic rings. The smallest absolute Gasteiger partial charge is 0.271 e. The van der Waals surface area contributed by atoms with Crippen molar-refractivity contribution in [1.82, 2.24) is 25.1 Å². The van der Waals surface area contributed by atoms with Gasteiger partial charge in [0.15, 0.2) is 11.5 Å². The zero-order chi connectivity index (χ0) is 36.6. The molecule has 14 heteroatoms. The third-order valence-corrected chi connectivity index (χ3v) is 11.5. The Morgan fingerprint density at radius 2 is 1.60 bits per heavy atom. The lowest BCUT2D eigenvalue weighted by molar-refractivity contribution is -0.136. The van der Waals surface area contributed by atoms with Crippen LogP contribution in [0.1, 0.15) is 94.1 Å². The van der Waals surface area contributed by atoms with E-state index in [0.717, 1.165) is 100 Å². The summed E-state index contributed by atoms with van der Waals surface area (Å²) in [4.78, 5) is 79.8. The van der Waals surface area contributed by atoms with Gasteiger partial charge in [0.2, 0.25) is 11.8 Å². The Hall–Kier alpha value is -5.37. The maximum atomic E-state index is 13.3. The van der Waals surface area contributed by atoms with Gasteiger partial charge in [-0.2, -0.15) is 0 Å². The highest BCUT2D eigenvalue weighted by molar-refractivity contribution is 6.23. The Balaban J connectivity index is 0.835. The van der Waals surface area contributed by atoms with E-state index in [2.05, 4.69) is 42.5 Å². The second-order valence-electron chi connectivity index (χ2n) is 14.9. The number of benzene rings is 2. The van der Waals surface area contributed by atoms with Gasteiger partial charge >= 0.3 is 0 Å². The van der Waals surface area contributed by atoms with Crippen molar-refractivity contribution in [2.45, 2.75) is 63.3 Å². The number of aromatic nitrogens is 2. The molecule has 0 aliphatic carbocycles. The number of imide groups is 2. The van der Waals surface area contributed by atoms with Crippen LogP contribution >= 0.6 is 0 Å². The Morgan fingerprint density at radius 3 is 2.34 bits per heavy atom.